The molecule has 0 aliphatic carbocycles. The third-order valence-corrected chi connectivity index (χ3v) is 2.96. The lowest BCUT2D eigenvalue weighted by atomic mass is 10.2. The van der Waals surface area contributed by atoms with Crippen LogP contribution in [0.25, 0.3) is 0 Å². The summed E-state index contributed by atoms with van der Waals surface area (Å²) >= 11 is 0. The minimum Gasteiger partial charge on any atom is -0.341 e. The largest absolute Gasteiger partial charge is 0.341 e. The molecule has 0 unspecified atom stereocenters. The summed E-state index contributed by atoms with van der Waals surface area (Å²) in [4.78, 5) is 11.2. The first-order chi connectivity index (χ1) is 7.90. The van der Waals surface area contributed by atoms with Crippen LogP contribution < -0.4 is 10.2 Å². The van der Waals surface area contributed by atoms with E-state index >= 15 is 0 Å². The van der Waals surface area contributed by atoms with E-state index in [2.05, 4.69) is 20.2 Å². The molecule has 4 nitrogen and oxygen atoms in total. The molecule has 1 aliphatic rings. The van der Waals surface area contributed by atoms with Gasteiger partial charge in [-0.05, 0) is 19.9 Å². The molecule has 88 valence electrons. The van der Waals surface area contributed by atoms with Gasteiger partial charge in [-0.25, -0.2) is 9.97 Å². The maximum atomic E-state index is 4.44. The van der Waals surface area contributed by atoms with Crippen LogP contribution in [0.5, 0.6) is 0 Å². The second-order valence-electron chi connectivity index (χ2n) is 4.32. The van der Waals surface area contributed by atoms with Crippen LogP contribution in [0.2, 0.25) is 0 Å². The van der Waals surface area contributed by atoms with Crippen molar-refractivity contribution in [3.8, 4) is 0 Å². The Morgan fingerprint density at radius 2 is 1.75 bits per heavy atom. The van der Waals surface area contributed by atoms with Crippen molar-refractivity contribution in [2.75, 3.05) is 25.0 Å². The van der Waals surface area contributed by atoms with Gasteiger partial charge in [0.2, 0.25) is 5.95 Å². The Bertz CT molecular complexity index is 301. The molecule has 2 rings (SSSR count). The molecular weight excluding hydrogens is 200 g/mol. The fourth-order valence-corrected chi connectivity index (χ4v) is 2.08. The molecule has 1 aromatic rings. The number of hydrogen-bond donors (Lipinski definition) is 1. The van der Waals surface area contributed by atoms with E-state index in [0.29, 0.717) is 0 Å². The topological polar surface area (TPSA) is 41.1 Å². The lowest BCUT2D eigenvalue weighted by Gasteiger charge is -2.19. The van der Waals surface area contributed by atoms with E-state index in [4.69, 9.17) is 0 Å². The minimum atomic E-state index is 0.834. The highest BCUT2D eigenvalue weighted by Gasteiger charge is 2.11. The Balaban J connectivity index is 2.01. The molecule has 0 aromatic carbocycles. The third kappa shape index (κ3) is 2.92. The van der Waals surface area contributed by atoms with Gasteiger partial charge in [0.05, 0.1) is 0 Å². The molecular formula is C12H20N4. The minimum absolute atomic E-state index is 0.834. The summed E-state index contributed by atoms with van der Waals surface area (Å²) in [5, 5.41) is 3.10. The van der Waals surface area contributed by atoms with Crippen molar-refractivity contribution in [1.82, 2.24) is 15.3 Å². The van der Waals surface area contributed by atoms with Gasteiger partial charge in [0.15, 0.2) is 0 Å². The highest BCUT2D eigenvalue weighted by molar-refractivity contribution is 5.29. The zero-order chi connectivity index (χ0) is 11.2. The van der Waals surface area contributed by atoms with Gasteiger partial charge >= 0.3 is 0 Å². The number of hydrogen-bond acceptors (Lipinski definition) is 4. The maximum absolute atomic E-state index is 4.44. The molecule has 0 saturated carbocycles. The highest BCUT2D eigenvalue weighted by Crippen LogP contribution is 2.14. The van der Waals surface area contributed by atoms with Crippen LogP contribution in [0.3, 0.4) is 0 Å². The third-order valence-electron chi connectivity index (χ3n) is 2.96. The summed E-state index contributed by atoms with van der Waals surface area (Å²) in [5.74, 6) is 0.891. The second-order valence-corrected chi connectivity index (χ2v) is 4.32. The summed E-state index contributed by atoms with van der Waals surface area (Å²) in [6.07, 6.45) is 9.05. The molecule has 1 aromatic heterocycles. The Hall–Kier alpha value is -1.16. The molecule has 1 saturated heterocycles. The van der Waals surface area contributed by atoms with Crippen molar-refractivity contribution in [3.05, 3.63) is 18.0 Å². The average molecular weight is 220 g/mol. The van der Waals surface area contributed by atoms with E-state index in [1.165, 1.54) is 25.7 Å². The predicted molar refractivity (Wildman–Crippen MR) is 65.5 cm³/mol. The van der Waals surface area contributed by atoms with E-state index in [0.717, 1.165) is 31.1 Å². The van der Waals surface area contributed by atoms with Crippen LogP contribution in [0.4, 0.5) is 5.95 Å². The van der Waals surface area contributed by atoms with E-state index in [1.807, 2.05) is 19.4 Å². The Morgan fingerprint density at radius 3 is 2.31 bits per heavy atom. The van der Waals surface area contributed by atoms with Crippen LogP contribution in [-0.2, 0) is 6.54 Å². The summed E-state index contributed by atoms with van der Waals surface area (Å²) in [6, 6.07) is 0. The maximum Gasteiger partial charge on any atom is 0.225 e. The van der Waals surface area contributed by atoms with E-state index in [-0.39, 0.29) is 0 Å². The van der Waals surface area contributed by atoms with Crippen molar-refractivity contribution in [3.63, 3.8) is 0 Å². The summed E-state index contributed by atoms with van der Waals surface area (Å²) in [5.41, 5.74) is 1.14. The highest BCUT2D eigenvalue weighted by atomic mass is 15.2. The Kier molecular flexibility index (Phi) is 4.10. The molecule has 2 heterocycles. The SMILES string of the molecule is CNCc1cnc(N2CCCCCC2)nc1. The monoisotopic (exact) mass is 220 g/mol. The van der Waals surface area contributed by atoms with Crippen molar-refractivity contribution in [2.24, 2.45) is 0 Å². The van der Waals surface area contributed by atoms with E-state index in [9.17, 15) is 0 Å². The first-order valence-electron chi connectivity index (χ1n) is 6.10. The summed E-state index contributed by atoms with van der Waals surface area (Å²) < 4.78 is 0. The number of rotatable bonds is 3. The van der Waals surface area contributed by atoms with Gasteiger partial charge in [-0.2, -0.15) is 0 Å². The van der Waals surface area contributed by atoms with Gasteiger partial charge in [-0.3, -0.25) is 0 Å². The van der Waals surface area contributed by atoms with Gasteiger partial charge in [0.1, 0.15) is 0 Å². The number of nitrogens with zero attached hydrogens (tertiary/aromatic N) is 3. The molecule has 4 heteroatoms. The number of aromatic nitrogens is 2. The molecule has 0 amide bonds. The van der Waals surface area contributed by atoms with E-state index < -0.39 is 0 Å². The predicted octanol–water partition coefficient (Wildman–Crippen LogP) is 1.58. The standard InChI is InChI=1S/C12H20N4/c1-13-8-11-9-14-12(15-10-11)16-6-4-2-3-5-7-16/h9-10,13H,2-8H2,1H3. The Morgan fingerprint density at radius 1 is 1.12 bits per heavy atom. The molecule has 0 atom stereocenters. The summed E-state index contributed by atoms with van der Waals surface area (Å²) in [6.45, 7) is 3.04. The first-order valence-corrected chi connectivity index (χ1v) is 6.10. The quantitative estimate of drug-likeness (QED) is 0.839. The molecule has 1 fully saturated rings. The van der Waals surface area contributed by atoms with Crippen LogP contribution in [-0.4, -0.2) is 30.1 Å². The summed E-state index contributed by atoms with van der Waals surface area (Å²) in [7, 11) is 1.93. The first kappa shape index (κ1) is 11.3. The van der Waals surface area contributed by atoms with Crippen molar-refractivity contribution < 1.29 is 0 Å². The van der Waals surface area contributed by atoms with Gasteiger partial charge < -0.3 is 10.2 Å². The van der Waals surface area contributed by atoms with Crippen LogP contribution in [0, 0.1) is 0 Å². The van der Waals surface area contributed by atoms with Crippen molar-refractivity contribution in [1.29, 1.82) is 0 Å². The fraction of sp³-hybridized carbons (Fsp3) is 0.667. The smallest absolute Gasteiger partial charge is 0.225 e. The van der Waals surface area contributed by atoms with Crippen molar-refractivity contribution >= 4 is 5.95 Å². The van der Waals surface area contributed by atoms with Crippen LogP contribution >= 0.6 is 0 Å². The lowest BCUT2D eigenvalue weighted by Crippen LogP contribution is -2.26. The van der Waals surface area contributed by atoms with Crippen molar-refractivity contribution in [2.45, 2.75) is 32.2 Å². The Labute approximate surface area is 97.1 Å². The molecule has 0 radical (unpaired) electrons. The van der Waals surface area contributed by atoms with E-state index in [1.54, 1.807) is 0 Å². The molecule has 16 heavy (non-hydrogen) atoms. The fourth-order valence-electron chi connectivity index (χ4n) is 2.08. The molecule has 0 bridgehead atoms. The van der Waals surface area contributed by atoms with Gasteiger partial charge in [0, 0.05) is 37.6 Å². The second kappa shape index (κ2) is 5.80. The molecule has 1 N–H and O–H groups in total. The van der Waals surface area contributed by atoms with Gasteiger partial charge in [0.25, 0.3) is 0 Å². The van der Waals surface area contributed by atoms with Crippen LogP contribution in [0.15, 0.2) is 12.4 Å². The van der Waals surface area contributed by atoms with Crippen LogP contribution in [0.1, 0.15) is 31.2 Å². The molecule has 0 spiro atoms. The number of nitrogens with one attached hydrogen (secondary N) is 1. The zero-order valence-electron chi connectivity index (χ0n) is 9.95. The molecule has 1 aliphatic heterocycles. The average Bonchev–Trinajstić information content (AvgIpc) is 2.59. The normalized spacial score (nSPS) is 17.2. The number of anilines is 1. The lowest BCUT2D eigenvalue weighted by molar-refractivity contribution is 0.726. The van der Waals surface area contributed by atoms with Gasteiger partial charge in [-0.1, -0.05) is 12.8 Å². The zero-order valence-corrected chi connectivity index (χ0v) is 9.95. The van der Waals surface area contributed by atoms with Gasteiger partial charge in [-0.15, -0.1) is 0 Å².